The second kappa shape index (κ2) is 3.80. The topological polar surface area (TPSA) is 3.24 Å². The summed E-state index contributed by atoms with van der Waals surface area (Å²) >= 11 is 0. The maximum absolute atomic E-state index is 2.49. The Morgan fingerprint density at radius 1 is 1.18 bits per heavy atom. The lowest BCUT2D eigenvalue weighted by atomic mass is 10.2. The molecule has 1 nitrogen and oxygen atoms in total. The molecule has 11 heavy (non-hydrogen) atoms. The van der Waals surface area contributed by atoms with Gasteiger partial charge in [-0.1, -0.05) is 12.5 Å². The molecule has 0 radical (unpaired) electrons. The number of hydrogen-bond donors (Lipinski definition) is 0. The van der Waals surface area contributed by atoms with E-state index in [4.69, 9.17) is 0 Å². The van der Waals surface area contributed by atoms with Crippen molar-refractivity contribution in [3.05, 3.63) is 11.3 Å². The van der Waals surface area contributed by atoms with E-state index in [1.54, 1.807) is 11.3 Å². The Hall–Kier alpha value is -0.460. The highest BCUT2D eigenvalue weighted by Crippen LogP contribution is 2.34. The van der Waals surface area contributed by atoms with E-state index in [2.05, 4.69) is 25.7 Å². The summed E-state index contributed by atoms with van der Waals surface area (Å²) in [5.41, 5.74) is 3.33. The molecule has 0 aliphatic heterocycles. The molecule has 0 aromatic carbocycles. The number of hydrogen-bond acceptors (Lipinski definition) is 1. The summed E-state index contributed by atoms with van der Waals surface area (Å²) in [5.74, 6) is 0. The van der Waals surface area contributed by atoms with Crippen LogP contribution in [0.25, 0.3) is 0 Å². The van der Waals surface area contributed by atoms with Crippen LogP contribution in [0.4, 0.5) is 0 Å². The molecule has 1 aliphatic rings. The summed E-state index contributed by atoms with van der Waals surface area (Å²) in [6, 6.07) is 0. The average Bonchev–Trinajstić information content (AvgIpc) is 2.82. The minimum absolute atomic E-state index is 1.17. The van der Waals surface area contributed by atoms with Gasteiger partial charge in [0.2, 0.25) is 0 Å². The van der Waals surface area contributed by atoms with Gasteiger partial charge >= 0.3 is 0 Å². The van der Waals surface area contributed by atoms with Crippen LogP contribution in [0.2, 0.25) is 0 Å². The normalized spacial score (nSPS) is 15.0. The van der Waals surface area contributed by atoms with Crippen molar-refractivity contribution in [2.45, 2.75) is 40.0 Å². The van der Waals surface area contributed by atoms with Gasteiger partial charge < -0.3 is 4.90 Å². The van der Waals surface area contributed by atoms with Crippen molar-refractivity contribution in [1.29, 1.82) is 0 Å². The molecule has 1 heteroatoms. The molecule has 0 spiro atoms. The van der Waals surface area contributed by atoms with Crippen LogP contribution < -0.4 is 0 Å². The zero-order valence-corrected chi connectivity index (χ0v) is 7.98. The first-order valence-electron chi connectivity index (χ1n) is 4.79. The fourth-order valence-electron chi connectivity index (χ4n) is 1.65. The van der Waals surface area contributed by atoms with Crippen molar-refractivity contribution < 1.29 is 0 Å². The molecule has 0 saturated heterocycles. The lowest BCUT2D eigenvalue weighted by molar-refractivity contribution is 0.370. The molecule has 0 N–H and O–H groups in total. The molecular weight excluding hydrogens is 134 g/mol. The van der Waals surface area contributed by atoms with E-state index in [1.807, 2.05) is 0 Å². The average molecular weight is 153 g/mol. The Kier molecular flexibility index (Phi) is 2.98. The third-order valence-electron chi connectivity index (χ3n) is 2.39. The monoisotopic (exact) mass is 153 g/mol. The van der Waals surface area contributed by atoms with Crippen LogP contribution in [0.15, 0.2) is 11.3 Å². The molecule has 0 aromatic heterocycles. The van der Waals surface area contributed by atoms with Gasteiger partial charge in [-0.15, -0.1) is 0 Å². The zero-order valence-electron chi connectivity index (χ0n) is 7.98. The Labute approximate surface area is 70.1 Å². The predicted molar refractivity (Wildman–Crippen MR) is 49.5 cm³/mol. The molecule has 0 aromatic rings. The van der Waals surface area contributed by atoms with Gasteiger partial charge in [-0.25, -0.2) is 0 Å². The highest BCUT2D eigenvalue weighted by Gasteiger charge is 2.18. The van der Waals surface area contributed by atoms with E-state index in [0.717, 1.165) is 0 Å². The van der Waals surface area contributed by atoms with Crippen LogP contribution >= 0.6 is 0 Å². The zero-order chi connectivity index (χ0) is 8.27. The Bertz CT molecular complexity index is 148. The molecule has 0 heterocycles. The van der Waals surface area contributed by atoms with Crippen molar-refractivity contribution >= 4 is 0 Å². The van der Waals surface area contributed by atoms with Crippen LogP contribution in [0.1, 0.15) is 40.0 Å². The third kappa shape index (κ3) is 1.98. The molecular formula is C10H19N. The highest BCUT2D eigenvalue weighted by molar-refractivity contribution is 5.24. The molecule has 0 amide bonds. The SMILES string of the molecule is CCC(=C1CC1)N(CC)CC. The van der Waals surface area contributed by atoms with Crippen LogP contribution in [0.3, 0.4) is 0 Å². The Morgan fingerprint density at radius 3 is 2.00 bits per heavy atom. The summed E-state index contributed by atoms with van der Waals surface area (Å²) < 4.78 is 0. The van der Waals surface area contributed by atoms with Gasteiger partial charge in [-0.3, -0.25) is 0 Å². The first-order valence-corrected chi connectivity index (χ1v) is 4.79. The summed E-state index contributed by atoms with van der Waals surface area (Å²) in [4.78, 5) is 2.49. The van der Waals surface area contributed by atoms with Crippen molar-refractivity contribution in [2.75, 3.05) is 13.1 Å². The van der Waals surface area contributed by atoms with Crippen LogP contribution in [-0.4, -0.2) is 18.0 Å². The van der Waals surface area contributed by atoms with Crippen molar-refractivity contribution in [3.63, 3.8) is 0 Å². The smallest absolute Gasteiger partial charge is 0.0146 e. The minimum atomic E-state index is 1.17. The molecule has 1 aliphatic carbocycles. The van der Waals surface area contributed by atoms with Crippen LogP contribution in [0, 0.1) is 0 Å². The van der Waals surface area contributed by atoms with Gasteiger partial charge in [0.25, 0.3) is 0 Å². The van der Waals surface area contributed by atoms with Gasteiger partial charge in [0.05, 0.1) is 0 Å². The van der Waals surface area contributed by atoms with E-state index in [9.17, 15) is 0 Å². The largest absolute Gasteiger partial charge is 0.375 e. The number of allylic oxidation sites excluding steroid dienone is 2. The van der Waals surface area contributed by atoms with Crippen molar-refractivity contribution in [3.8, 4) is 0 Å². The summed E-state index contributed by atoms with van der Waals surface area (Å²) in [6.45, 7) is 9.08. The fraction of sp³-hybridized carbons (Fsp3) is 0.800. The molecule has 0 atom stereocenters. The van der Waals surface area contributed by atoms with Crippen LogP contribution in [-0.2, 0) is 0 Å². The number of nitrogens with zero attached hydrogens (tertiary/aromatic N) is 1. The van der Waals surface area contributed by atoms with Gasteiger partial charge in [0, 0.05) is 18.8 Å². The maximum atomic E-state index is 2.49. The summed E-state index contributed by atoms with van der Waals surface area (Å²) in [6.07, 6.45) is 3.94. The molecule has 0 unspecified atom stereocenters. The second-order valence-electron chi connectivity index (χ2n) is 3.08. The van der Waals surface area contributed by atoms with Crippen molar-refractivity contribution in [1.82, 2.24) is 4.90 Å². The van der Waals surface area contributed by atoms with Gasteiger partial charge in [-0.05, 0) is 33.1 Å². The lowest BCUT2D eigenvalue weighted by Gasteiger charge is -2.23. The standard InChI is InChI=1S/C10H19N/c1-4-10(9-7-8-9)11(5-2)6-3/h4-8H2,1-3H3. The highest BCUT2D eigenvalue weighted by atomic mass is 15.1. The third-order valence-corrected chi connectivity index (χ3v) is 2.39. The van der Waals surface area contributed by atoms with Crippen molar-refractivity contribution in [2.24, 2.45) is 0 Å². The minimum Gasteiger partial charge on any atom is -0.375 e. The van der Waals surface area contributed by atoms with E-state index in [0.29, 0.717) is 0 Å². The van der Waals surface area contributed by atoms with E-state index < -0.39 is 0 Å². The molecule has 1 saturated carbocycles. The Morgan fingerprint density at radius 2 is 1.73 bits per heavy atom. The van der Waals surface area contributed by atoms with E-state index in [1.165, 1.54) is 32.4 Å². The fourth-order valence-corrected chi connectivity index (χ4v) is 1.65. The molecule has 64 valence electrons. The maximum Gasteiger partial charge on any atom is 0.0146 e. The quantitative estimate of drug-likeness (QED) is 0.600. The summed E-state index contributed by atoms with van der Waals surface area (Å²) in [7, 11) is 0. The Balaban J connectivity index is 2.60. The first-order chi connectivity index (χ1) is 5.33. The van der Waals surface area contributed by atoms with Gasteiger partial charge in [0.15, 0.2) is 0 Å². The molecule has 1 rings (SSSR count). The predicted octanol–water partition coefficient (Wildman–Crippen LogP) is 2.79. The second-order valence-corrected chi connectivity index (χ2v) is 3.08. The van der Waals surface area contributed by atoms with E-state index >= 15 is 0 Å². The van der Waals surface area contributed by atoms with Crippen LogP contribution in [0.5, 0.6) is 0 Å². The van der Waals surface area contributed by atoms with E-state index in [-0.39, 0.29) is 0 Å². The first kappa shape index (κ1) is 8.63. The number of rotatable bonds is 4. The van der Waals surface area contributed by atoms with Gasteiger partial charge in [0.1, 0.15) is 0 Å². The van der Waals surface area contributed by atoms with Gasteiger partial charge in [-0.2, -0.15) is 0 Å². The summed E-state index contributed by atoms with van der Waals surface area (Å²) in [5, 5.41) is 0. The lowest BCUT2D eigenvalue weighted by Crippen LogP contribution is -2.21. The molecule has 1 fully saturated rings. The molecule has 0 bridgehead atoms.